The minimum absolute atomic E-state index is 0. The lowest BCUT2D eigenvalue weighted by molar-refractivity contribution is 0.301. The van der Waals surface area contributed by atoms with E-state index in [1.54, 1.807) is 0 Å². The molecule has 0 amide bonds. The Labute approximate surface area is 109 Å². The van der Waals surface area contributed by atoms with Gasteiger partial charge in [0.05, 0.1) is 0 Å². The van der Waals surface area contributed by atoms with Crippen molar-refractivity contribution < 1.29 is 0 Å². The molecular weight excluding hydrogens is 241 g/mol. The van der Waals surface area contributed by atoms with Crippen molar-refractivity contribution in [3.05, 3.63) is 34.9 Å². The van der Waals surface area contributed by atoms with Gasteiger partial charge in [0.2, 0.25) is 0 Å². The van der Waals surface area contributed by atoms with Crippen LogP contribution in [0.1, 0.15) is 37.7 Å². The first-order chi connectivity index (χ1) is 7.27. The number of hydrogen-bond donors (Lipinski definition) is 1. The molecule has 1 aromatic carbocycles. The maximum atomic E-state index is 5.98. The van der Waals surface area contributed by atoms with E-state index >= 15 is 0 Å². The zero-order valence-corrected chi connectivity index (χ0v) is 11.0. The molecule has 0 unspecified atom stereocenters. The Morgan fingerprint density at radius 1 is 1.06 bits per heavy atom. The highest BCUT2D eigenvalue weighted by atomic mass is 35.5. The monoisotopic (exact) mass is 259 g/mol. The molecule has 1 saturated carbocycles. The molecule has 2 rings (SSSR count). The maximum absolute atomic E-state index is 5.98. The van der Waals surface area contributed by atoms with E-state index in [9.17, 15) is 0 Å². The molecule has 1 nitrogen and oxygen atoms in total. The average molecular weight is 260 g/mol. The van der Waals surface area contributed by atoms with Gasteiger partial charge in [-0.2, -0.15) is 0 Å². The third-order valence-corrected chi connectivity index (χ3v) is 3.91. The standard InChI is InChI=1S/C13H18ClN.ClH/c14-12-6-4-11(5-7-12)13(10-15)8-2-1-3-9-13;/h4-7H,1-3,8-10,15H2;1H. The van der Waals surface area contributed by atoms with Gasteiger partial charge in [0.15, 0.2) is 0 Å². The molecule has 0 bridgehead atoms. The van der Waals surface area contributed by atoms with E-state index in [-0.39, 0.29) is 17.8 Å². The summed E-state index contributed by atoms with van der Waals surface area (Å²) in [5.74, 6) is 0. The quantitative estimate of drug-likeness (QED) is 0.856. The number of rotatable bonds is 2. The SMILES string of the molecule is Cl.NCC1(c2ccc(Cl)cc2)CCCCC1. The minimum Gasteiger partial charge on any atom is -0.330 e. The zero-order valence-electron chi connectivity index (χ0n) is 9.42. The van der Waals surface area contributed by atoms with E-state index in [0.29, 0.717) is 0 Å². The lowest BCUT2D eigenvalue weighted by Crippen LogP contribution is -2.37. The van der Waals surface area contributed by atoms with E-state index in [2.05, 4.69) is 12.1 Å². The highest BCUT2D eigenvalue weighted by Gasteiger charge is 2.32. The van der Waals surface area contributed by atoms with Gasteiger partial charge in [-0.1, -0.05) is 43.0 Å². The number of halogens is 2. The summed E-state index contributed by atoms with van der Waals surface area (Å²) in [6.45, 7) is 0.759. The highest BCUT2D eigenvalue weighted by molar-refractivity contribution is 6.30. The second-order valence-corrected chi connectivity index (χ2v) is 4.99. The molecule has 0 heterocycles. The Kier molecular flexibility index (Phi) is 5.10. The fourth-order valence-electron chi connectivity index (χ4n) is 2.64. The van der Waals surface area contributed by atoms with Gasteiger partial charge in [0.25, 0.3) is 0 Å². The summed E-state index contributed by atoms with van der Waals surface area (Å²) in [5, 5.41) is 0.807. The van der Waals surface area contributed by atoms with Gasteiger partial charge < -0.3 is 5.73 Å². The van der Waals surface area contributed by atoms with Crippen molar-refractivity contribution in [1.29, 1.82) is 0 Å². The van der Waals surface area contributed by atoms with Crippen LogP contribution < -0.4 is 5.73 Å². The third-order valence-electron chi connectivity index (χ3n) is 3.66. The smallest absolute Gasteiger partial charge is 0.0406 e. The van der Waals surface area contributed by atoms with Crippen LogP contribution in [0.15, 0.2) is 24.3 Å². The summed E-state index contributed by atoms with van der Waals surface area (Å²) >= 11 is 5.91. The summed E-state index contributed by atoms with van der Waals surface area (Å²) in [6.07, 6.45) is 6.42. The second-order valence-electron chi connectivity index (χ2n) is 4.55. The molecule has 16 heavy (non-hydrogen) atoms. The first-order valence-corrected chi connectivity index (χ1v) is 6.11. The van der Waals surface area contributed by atoms with E-state index in [0.717, 1.165) is 11.6 Å². The Morgan fingerprint density at radius 3 is 2.12 bits per heavy atom. The van der Waals surface area contributed by atoms with Crippen molar-refractivity contribution in [3.63, 3.8) is 0 Å². The fraction of sp³-hybridized carbons (Fsp3) is 0.538. The molecule has 0 aromatic heterocycles. The normalized spacial score (nSPS) is 18.9. The van der Waals surface area contributed by atoms with Gasteiger partial charge in [0, 0.05) is 17.0 Å². The van der Waals surface area contributed by atoms with Crippen LogP contribution in [-0.2, 0) is 5.41 Å². The van der Waals surface area contributed by atoms with Crippen LogP contribution in [0.5, 0.6) is 0 Å². The Balaban J connectivity index is 0.00000128. The Bertz CT molecular complexity index is 315. The van der Waals surface area contributed by atoms with E-state index in [1.165, 1.54) is 37.7 Å². The molecule has 0 saturated heterocycles. The maximum Gasteiger partial charge on any atom is 0.0406 e. The lowest BCUT2D eigenvalue weighted by atomic mass is 9.69. The largest absolute Gasteiger partial charge is 0.330 e. The Hall–Kier alpha value is -0.240. The van der Waals surface area contributed by atoms with E-state index < -0.39 is 0 Å². The molecule has 1 aliphatic rings. The van der Waals surface area contributed by atoms with E-state index in [4.69, 9.17) is 17.3 Å². The van der Waals surface area contributed by atoms with Crippen LogP contribution in [-0.4, -0.2) is 6.54 Å². The summed E-state index contributed by atoms with van der Waals surface area (Å²) in [7, 11) is 0. The van der Waals surface area contributed by atoms with Crippen LogP contribution in [0.3, 0.4) is 0 Å². The number of hydrogen-bond acceptors (Lipinski definition) is 1. The Morgan fingerprint density at radius 2 is 1.62 bits per heavy atom. The van der Waals surface area contributed by atoms with Crippen molar-refractivity contribution in [3.8, 4) is 0 Å². The molecule has 2 N–H and O–H groups in total. The zero-order chi connectivity index (χ0) is 10.7. The first kappa shape index (κ1) is 13.8. The molecule has 0 aliphatic heterocycles. The predicted octanol–water partition coefficient (Wildman–Crippen LogP) is 3.92. The molecule has 0 spiro atoms. The van der Waals surface area contributed by atoms with Crippen molar-refractivity contribution in [2.24, 2.45) is 5.73 Å². The number of benzene rings is 1. The molecule has 1 fully saturated rings. The lowest BCUT2D eigenvalue weighted by Gasteiger charge is -2.36. The van der Waals surface area contributed by atoms with Gasteiger partial charge in [0.1, 0.15) is 0 Å². The third kappa shape index (κ3) is 2.71. The summed E-state index contributed by atoms with van der Waals surface area (Å²) in [5.41, 5.74) is 7.57. The molecule has 0 radical (unpaired) electrons. The topological polar surface area (TPSA) is 26.0 Å². The average Bonchev–Trinajstić information content (AvgIpc) is 2.31. The van der Waals surface area contributed by atoms with Crippen LogP contribution >= 0.6 is 24.0 Å². The molecule has 0 atom stereocenters. The van der Waals surface area contributed by atoms with Gasteiger partial charge in [-0.15, -0.1) is 12.4 Å². The van der Waals surface area contributed by atoms with Crippen LogP contribution in [0.4, 0.5) is 0 Å². The molecule has 3 heteroatoms. The van der Waals surface area contributed by atoms with Crippen LogP contribution in [0.2, 0.25) is 5.02 Å². The number of nitrogens with two attached hydrogens (primary N) is 1. The molecule has 1 aromatic rings. The van der Waals surface area contributed by atoms with Gasteiger partial charge in [-0.05, 0) is 30.5 Å². The van der Waals surface area contributed by atoms with Gasteiger partial charge in [-0.3, -0.25) is 0 Å². The summed E-state index contributed by atoms with van der Waals surface area (Å²) < 4.78 is 0. The minimum atomic E-state index is 0. The van der Waals surface area contributed by atoms with Crippen LogP contribution in [0, 0.1) is 0 Å². The van der Waals surface area contributed by atoms with Gasteiger partial charge >= 0.3 is 0 Å². The predicted molar refractivity (Wildman–Crippen MR) is 72.5 cm³/mol. The fourth-order valence-corrected chi connectivity index (χ4v) is 2.77. The first-order valence-electron chi connectivity index (χ1n) is 5.73. The second kappa shape index (κ2) is 5.90. The van der Waals surface area contributed by atoms with Crippen molar-refractivity contribution in [1.82, 2.24) is 0 Å². The summed E-state index contributed by atoms with van der Waals surface area (Å²) in [4.78, 5) is 0. The van der Waals surface area contributed by atoms with Crippen molar-refractivity contribution in [2.75, 3.05) is 6.54 Å². The van der Waals surface area contributed by atoms with Crippen molar-refractivity contribution in [2.45, 2.75) is 37.5 Å². The van der Waals surface area contributed by atoms with E-state index in [1.807, 2.05) is 12.1 Å². The highest BCUT2D eigenvalue weighted by Crippen LogP contribution is 2.38. The van der Waals surface area contributed by atoms with Crippen molar-refractivity contribution >= 4 is 24.0 Å². The molecule has 90 valence electrons. The summed E-state index contributed by atoms with van der Waals surface area (Å²) in [6, 6.07) is 8.23. The van der Waals surface area contributed by atoms with Crippen LogP contribution in [0.25, 0.3) is 0 Å². The molecular formula is C13H19Cl2N. The molecule has 1 aliphatic carbocycles. The van der Waals surface area contributed by atoms with Gasteiger partial charge in [-0.25, -0.2) is 0 Å².